The summed E-state index contributed by atoms with van der Waals surface area (Å²) in [4.78, 5) is 4.05. The van der Waals surface area contributed by atoms with Crippen molar-refractivity contribution in [1.82, 2.24) is 10.3 Å². The van der Waals surface area contributed by atoms with Gasteiger partial charge in [0.25, 0.3) is 0 Å². The molecule has 13 heavy (non-hydrogen) atoms. The lowest BCUT2D eigenvalue weighted by atomic mass is 10.3. The van der Waals surface area contributed by atoms with Crippen LogP contribution in [-0.2, 0) is 6.54 Å². The van der Waals surface area contributed by atoms with Gasteiger partial charge in [-0.1, -0.05) is 22.0 Å². The molecule has 1 rings (SSSR count). The molecule has 3 heteroatoms. The van der Waals surface area contributed by atoms with E-state index in [-0.39, 0.29) is 0 Å². The average molecular weight is 243 g/mol. The van der Waals surface area contributed by atoms with E-state index in [0.717, 1.165) is 18.4 Å². The molecule has 0 unspecified atom stereocenters. The third-order valence-corrected chi connectivity index (χ3v) is 2.35. The fourth-order valence-electron chi connectivity index (χ4n) is 1.08. The number of hydrogen-bond donors (Lipinski definition) is 1. The summed E-state index contributed by atoms with van der Waals surface area (Å²) in [7, 11) is 0. The van der Waals surface area contributed by atoms with E-state index in [9.17, 15) is 0 Å². The summed E-state index contributed by atoms with van der Waals surface area (Å²) >= 11 is 3.41. The van der Waals surface area contributed by atoms with Gasteiger partial charge in [0, 0.05) is 24.3 Å². The monoisotopic (exact) mass is 242 g/mol. The first-order chi connectivity index (χ1) is 6.43. The first-order valence-corrected chi connectivity index (χ1v) is 5.71. The second-order valence-electron chi connectivity index (χ2n) is 2.93. The van der Waals surface area contributed by atoms with Crippen LogP contribution in [0.15, 0.2) is 24.5 Å². The number of unbranched alkanes of at least 4 members (excludes halogenated alkanes) is 1. The van der Waals surface area contributed by atoms with Gasteiger partial charge in [-0.15, -0.1) is 0 Å². The van der Waals surface area contributed by atoms with Crippen molar-refractivity contribution in [3.05, 3.63) is 30.1 Å². The van der Waals surface area contributed by atoms with Crippen molar-refractivity contribution >= 4 is 15.9 Å². The van der Waals surface area contributed by atoms with Crippen LogP contribution in [0.4, 0.5) is 0 Å². The summed E-state index contributed by atoms with van der Waals surface area (Å²) in [5.41, 5.74) is 1.25. The van der Waals surface area contributed by atoms with Gasteiger partial charge < -0.3 is 5.32 Å². The molecule has 0 aliphatic rings. The highest BCUT2D eigenvalue weighted by Gasteiger charge is 1.90. The summed E-state index contributed by atoms with van der Waals surface area (Å²) in [6.45, 7) is 2.01. The van der Waals surface area contributed by atoms with Crippen molar-refractivity contribution in [2.75, 3.05) is 11.9 Å². The van der Waals surface area contributed by atoms with Gasteiger partial charge in [0.05, 0.1) is 0 Å². The molecule has 0 fully saturated rings. The first-order valence-electron chi connectivity index (χ1n) is 4.59. The SMILES string of the molecule is BrCCCCNCc1cccnc1. The van der Waals surface area contributed by atoms with Crippen LogP contribution in [0.3, 0.4) is 0 Å². The second-order valence-corrected chi connectivity index (χ2v) is 3.73. The maximum Gasteiger partial charge on any atom is 0.0312 e. The predicted molar refractivity (Wildman–Crippen MR) is 59.0 cm³/mol. The maximum absolute atomic E-state index is 4.05. The highest BCUT2D eigenvalue weighted by Crippen LogP contribution is 1.95. The largest absolute Gasteiger partial charge is 0.313 e. The molecule has 0 bridgehead atoms. The van der Waals surface area contributed by atoms with Gasteiger partial charge in [-0.3, -0.25) is 4.98 Å². The molecule has 1 aromatic heterocycles. The molecular weight excluding hydrogens is 228 g/mol. The third-order valence-electron chi connectivity index (χ3n) is 1.79. The van der Waals surface area contributed by atoms with E-state index in [0.29, 0.717) is 0 Å². The van der Waals surface area contributed by atoms with Crippen molar-refractivity contribution in [2.24, 2.45) is 0 Å². The lowest BCUT2D eigenvalue weighted by molar-refractivity contribution is 0.643. The molecule has 2 nitrogen and oxygen atoms in total. The Kier molecular flexibility index (Phi) is 5.78. The number of rotatable bonds is 6. The van der Waals surface area contributed by atoms with Gasteiger partial charge in [-0.25, -0.2) is 0 Å². The van der Waals surface area contributed by atoms with E-state index in [1.54, 1.807) is 6.20 Å². The highest BCUT2D eigenvalue weighted by atomic mass is 79.9. The van der Waals surface area contributed by atoms with Crippen LogP contribution in [0, 0.1) is 0 Å². The molecule has 1 heterocycles. The minimum Gasteiger partial charge on any atom is -0.313 e. The summed E-state index contributed by atoms with van der Waals surface area (Å²) < 4.78 is 0. The smallest absolute Gasteiger partial charge is 0.0312 e. The molecule has 0 saturated carbocycles. The van der Waals surface area contributed by atoms with Crippen molar-refractivity contribution in [2.45, 2.75) is 19.4 Å². The molecule has 0 radical (unpaired) electrons. The number of aromatic nitrogens is 1. The van der Waals surface area contributed by atoms with Crippen LogP contribution < -0.4 is 5.32 Å². The van der Waals surface area contributed by atoms with Gasteiger partial charge in [-0.2, -0.15) is 0 Å². The third kappa shape index (κ3) is 5.01. The Labute approximate surface area is 87.9 Å². The number of hydrogen-bond acceptors (Lipinski definition) is 2. The lowest BCUT2D eigenvalue weighted by Gasteiger charge is -2.02. The molecule has 0 aromatic carbocycles. The Bertz CT molecular complexity index is 213. The van der Waals surface area contributed by atoms with Crippen molar-refractivity contribution in [1.29, 1.82) is 0 Å². The Morgan fingerprint density at radius 1 is 1.38 bits per heavy atom. The summed E-state index contributed by atoms with van der Waals surface area (Å²) in [6, 6.07) is 4.06. The van der Waals surface area contributed by atoms with Gasteiger partial charge in [0.1, 0.15) is 0 Å². The molecule has 0 aliphatic carbocycles. The standard InChI is InChI=1S/C10H15BrN2/c11-5-1-2-6-12-8-10-4-3-7-13-9-10/h3-4,7,9,12H,1-2,5-6,8H2. The van der Waals surface area contributed by atoms with Crippen LogP contribution in [0.1, 0.15) is 18.4 Å². The number of alkyl halides is 1. The Balaban J connectivity index is 2.07. The number of pyridine rings is 1. The highest BCUT2D eigenvalue weighted by molar-refractivity contribution is 9.09. The zero-order valence-electron chi connectivity index (χ0n) is 7.67. The minimum atomic E-state index is 0.927. The van der Waals surface area contributed by atoms with E-state index in [4.69, 9.17) is 0 Å². The number of nitrogens with zero attached hydrogens (tertiary/aromatic N) is 1. The lowest BCUT2D eigenvalue weighted by Crippen LogP contribution is -2.14. The minimum absolute atomic E-state index is 0.927. The van der Waals surface area contributed by atoms with Crippen molar-refractivity contribution in [3.8, 4) is 0 Å². The molecule has 1 N–H and O–H groups in total. The van der Waals surface area contributed by atoms with Crippen molar-refractivity contribution < 1.29 is 0 Å². The van der Waals surface area contributed by atoms with E-state index in [1.807, 2.05) is 12.3 Å². The fourth-order valence-corrected chi connectivity index (χ4v) is 1.48. The fraction of sp³-hybridized carbons (Fsp3) is 0.500. The van der Waals surface area contributed by atoms with Gasteiger partial charge in [0.2, 0.25) is 0 Å². The molecule has 0 atom stereocenters. The summed E-state index contributed by atoms with van der Waals surface area (Å²) in [5.74, 6) is 0. The number of nitrogens with one attached hydrogen (secondary N) is 1. The predicted octanol–water partition coefficient (Wildman–Crippen LogP) is 2.35. The van der Waals surface area contributed by atoms with Gasteiger partial charge >= 0.3 is 0 Å². The van der Waals surface area contributed by atoms with E-state index in [2.05, 4.69) is 32.3 Å². The van der Waals surface area contributed by atoms with Crippen molar-refractivity contribution in [3.63, 3.8) is 0 Å². The normalized spacial score (nSPS) is 10.2. The second kappa shape index (κ2) is 7.04. The summed E-state index contributed by atoms with van der Waals surface area (Å²) in [5, 5.41) is 4.47. The Morgan fingerprint density at radius 2 is 2.31 bits per heavy atom. The Hall–Kier alpha value is -0.410. The van der Waals surface area contributed by atoms with Gasteiger partial charge in [0.15, 0.2) is 0 Å². The molecular formula is C10H15BrN2. The molecule has 0 aliphatic heterocycles. The molecule has 1 aromatic rings. The van der Waals surface area contributed by atoms with Crippen LogP contribution >= 0.6 is 15.9 Å². The average Bonchev–Trinajstić information content (AvgIpc) is 2.19. The summed E-state index contributed by atoms with van der Waals surface area (Å²) in [6.07, 6.45) is 6.16. The Morgan fingerprint density at radius 3 is 3.00 bits per heavy atom. The molecule has 0 saturated heterocycles. The maximum atomic E-state index is 4.05. The van der Waals surface area contributed by atoms with E-state index >= 15 is 0 Å². The quantitative estimate of drug-likeness (QED) is 0.612. The van der Waals surface area contributed by atoms with Crippen LogP contribution in [-0.4, -0.2) is 16.9 Å². The molecule has 0 amide bonds. The van der Waals surface area contributed by atoms with E-state index in [1.165, 1.54) is 18.4 Å². The van der Waals surface area contributed by atoms with Crippen LogP contribution in [0.2, 0.25) is 0 Å². The number of halogens is 1. The molecule has 0 spiro atoms. The molecule has 72 valence electrons. The first kappa shape index (κ1) is 10.7. The van der Waals surface area contributed by atoms with E-state index < -0.39 is 0 Å². The van der Waals surface area contributed by atoms with Crippen LogP contribution in [0.25, 0.3) is 0 Å². The zero-order valence-corrected chi connectivity index (χ0v) is 9.26. The topological polar surface area (TPSA) is 24.9 Å². The zero-order chi connectivity index (χ0) is 9.36. The van der Waals surface area contributed by atoms with Gasteiger partial charge in [-0.05, 0) is 31.0 Å². The van der Waals surface area contributed by atoms with Crippen LogP contribution in [0.5, 0.6) is 0 Å².